The molecule has 1 amide bonds. The van der Waals surface area contributed by atoms with Crippen molar-refractivity contribution in [3.05, 3.63) is 24.4 Å². The van der Waals surface area contributed by atoms with Crippen LogP contribution < -0.4 is 0 Å². The zero-order valence-corrected chi connectivity index (χ0v) is 11.4. The molecule has 1 spiro atoms. The van der Waals surface area contributed by atoms with Gasteiger partial charge in [-0.2, -0.15) is 5.06 Å². The van der Waals surface area contributed by atoms with Gasteiger partial charge < -0.3 is 9.84 Å². The van der Waals surface area contributed by atoms with Gasteiger partial charge in [0.25, 0.3) is 5.91 Å². The molecule has 1 saturated carbocycles. The third-order valence-corrected chi connectivity index (χ3v) is 4.56. The van der Waals surface area contributed by atoms with Crippen LogP contribution in [-0.4, -0.2) is 47.3 Å². The molecule has 0 aromatic rings. The van der Waals surface area contributed by atoms with Crippen LogP contribution >= 0.6 is 0 Å². The van der Waals surface area contributed by atoms with E-state index in [2.05, 4.69) is 6.58 Å². The Bertz CT molecular complexity index is 528. The van der Waals surface area contributed by atoms with E-state index >= 15 is 0 Å². The number of Topliss-reactive ketones (excluding diaryl/α,β-unsaturated/α-hetero) is 1. The number of amides is 1. The van der Waals surface area contributed by atoms with Crippen LogP contribution in [0.3, 0.4) is 0 Å². The van der Waals surface area contributed by atoms with Crippen LogP contribution in [0.4, 0.5) is 0 Å². The molecule has 3 aliphatic rings. The number of carbonyl (C=O) groups excluding carboxylic acids is 2. The molecular weight excluding hydrogens is 262 g/mol. The molecule has 3 rings (SSSR count). The Labute approximate surface area is 116 Å². The van der Waals surface area contributed by atoms with E-state index in [1.54, 1.807) is 6.08 Å². The number of allylic oxidation sites excluding steroid dienone is 1. The lowest BCUT2D eigenvalue weighted by Gasteiger charge is -2.38. The SMILES string of the molecule is C=C1C2OC3CC(=O)C(O)C2(C(=O)N1OC)C3C=CC. The third-order valence-electron chi connectivity index (χ3n) is 4.56. The van der Waals surface area contributed by atoms with Crippen LogP contribution in [0.2, 0.25) is 0 Å². The molecule has 3 fully saturated rings. The predicted octanol–water partition coefficient (Wildman–Crippen LogP) is 0.183. The van der Waals surface area contributed by atoms with E-state index in [0.29, 0.717) is 5.70 Å². The van der Waals surface area contributed by atoms with E-state index in [4.69, 9.17) is 9.57 Å². The summed E-state index contributed by atoms with van der Waals surface area (Å²) in [5.41, 5.74) is -0.997. The summed E-state index contributed by atoms with van der Waals surface area (Å²) in [7, 11) is 1.35. The van der Waals surface area contributed by atoms with Crippen LogP contribution in [0, 0.1) is 11.3 Å². The molecule has 108 valence electrons. The maximum absolute atomic E-state index is 12.7. The first-order chi connectivity index (χ1) is 9.49. The molecule has 6 heteroatoms. The third kappa shape index (κ3) is 1.29. The lowest BCUT2D eigenvalue weighted by atomic mass is 9.62. The molecule has 2 bridgehead atoms. The van der Waals surface area contributed by atoms with Gasteiger partial charge in [0, 0.05) is 12.3 Å². The fourth-order valence-corrected chi connectivity index (χ4v) is 3.76. The number of fused-ring (bicyclic) bond motifs is 1. The van der Waals surface area contributed by atoms with E-state index in [1.807, 2.05) is 13.0 Å². The minimum absolute atomic E-state index is 0.113. The lowest BCUT2D eigenvalue weighted by molar-refractivity contribution is -0.178. The monoisotopic (exact) mass is 279 g/mol. The molecule has 2 saturated heterocycles. The fourth-order valence-electron chi connectivity index (χ4n) is 3.76. The average molecular weight is 279 g/mol. The fraction of sp³-hybridized carbons (Fsp3) is 0.571. The minimum Gasteiger partial charge on any atom is -0.384 e. The second-order valence-corrected chi connectivity index (χ2v) is 5.39. The number of nitrogens with zero attached hydrogens (tertiary/aromatic N) is 1. The van der Waals surface area contributed by atoms with Crippen molar-refractivity contribution in [1.82, 2.24) is 5.06 Å². The highest BCUT2D eigenvalue weighted by Crippen LogP contribution is 2.58. The number of ketones is 1. The van der Waals surface area contributed by atoms with Gasteiger partial charge in [0.15, 0.2) is 5.78 Å². The Morgan fingerprint density at radius 3 is 2.85 bits per heavy atom. The van der Waals surface area contributed by atoms with Gasteiger partial charge in [0.1, 0.15) is 17.6 Å². The van der Waals surface area contributed by atoms with Gasteiger partial charge in [0.05, 0.1) is 18.9 Å². The summed E-state index contributed by atoms with van der Waals surface area (Å²) >= 11 is 0. The molecule has 0 radical (unpaired) electrons. The first-order valence-electron chi connectivity index (χ1n) is 6.56. The number of aliphatic hydroxyl groups is 1. The smallest absolute Gasteiger partial charge is 0.263 e. The molecule has 2 heterocycles. The summed E-state index contributed by atoms with van der Waals surface area (Å²) in [6.45, 7) is 5.65. The summed E-state index contributed by atoms with van der Waals surface area (Å²) in [5.74, 6) is -1.17. The van der Waals surface area contributed by atoms with Crippen molar-refractivity contribution >= 4 is 11.7 Å². The highest BCUT2D eigenvalue weighted by Gasteiger charge is 2.74. The summed E-state index contributed by atoms with van der Waals surface area (Å²) in [5, 5.41) is 11.4. The number of rotatable bonds is 2. The number of hydroxylamine groups is 2. The Morgan fingerprint density at radius 1 is 1.55 bits per heavy atom. The van der Waals surface area contributed by atoms with Gasteiger partial charge in [-0.25, -0.2) is 0 Å². The number of hydrogen-bond donors (Lipinski definition) is 1. The van der Waals surface area contributed by atoms with E-state index < -0.39 is 29.6 Å². The number of carbonyl (C=O) groups is 2. The molecule has 0 aromatic carbocycles. The van der Waals surface area contributed by atoms with Gasteiger partial charge in [-0.15, -0.1) is 0 Å². The Kier molecular flexibility index (Phi) is 2.86. The van der Waals surface area contributed by atoms with Crippen molar-refractivity contribution < 1.29 is 24.3 Å². The van der Waals surface area contributed by atoms with Crippen LogP contribution in [-0.2, 0) is 19.2 Å². The Hall–Kier alpha value is -1.50. The van der Waals surface area contributed by atoms with Crippen molar-refractivity contribution in [3.8, 4) is 0 Å². The number of aliphatic hydroxyl groups excluding tert-OH is 1. The van der Waals surface area contributed by atoms with Gasteiger partial charge >= 0.3 is 0 Å². The Morgan fingerprint density at radius 2 is 2.25 bits per heavy atom. The van der Waals surface area contributed by atoms with Crippen LogP contribution in [0.25, 0.3) is 0 Å². The summed E-state index contributed by atoms with van der Waals surface area (Å²) < 4.78 is 5.85. The van der Waals surface area contributed by atoms with Gasteiger partial charge in [-0.3, -0.25) is 14.4 Å². The van der Waals surface area contributed by atoms with Gasteiger partial charge in [-0.05, 0) is 6.92 Å². The summed E-state index contributed by atoms with van der Waals surface area (Å²) in [6.07, 6.45) is 1.23. The lowest BCUT2D eigenvalue weighted by Crippen LogP contribution is -2.57. The molecule has 6 nitrogen and oxygen atoms in total. The van der Waals surface area contributed by atoms with Gasteiger partial charge in [-0.1, -0.05) is 18.7 Å². The molecule has 5 unspecified atom stereocenters. The van der Waals surface area contributed by atoms with E-state index in [-0.39, 0.29) is 18.1 Å². The summed E-state index contributed by atoms with van der Waals surface area (Å²) in [6, 6.07) is 0. The van der Waals surface area contributed by atoms with E-state index in [0.717, 1.165) is 5.06 Å². The zero-order chi connectivity index (χ0) is 14.7. The molecule has 1 N–H and O–H groups in total. The predicted molar refractivity (Wildman–Crippen MR) is 68.0 cm³/mol. The van der Waals surface area contributed by atoms with Crippen LogP contribution in [0.5, 0.6) is 0 Å². The van der Waals surface area contributed by atoms with E-state index in [1.165, 1.54) is 7.11 Å². The van der Waals surface area contributed by atoms with Crippen molar-refractivity contribution in [2.75, 3.05) is 7.11 Å². The summed E-state index contributed by atoms with van der Waals surface area (Å²) in [4.78, 5) is 29.7. The maximum Gasteiger partial charge on any atom is 0.263 e. The van der Waals surface area contributed by atoms with Crippen molar-refractivity contribution in [2.45, 2.75) is 31.7 Å². The Balaban J connectivity index is 2.18. The van der Waals surface area contributed by atoms with Crippen molar-refractivity contribution in [2.24, 2.45) is 11.3 Å². The van der Waals surface area contributed by atoms with E-state index in [9.17, 15) is 14.7 Å². The molecule has 20 heavy (non-hydrogen) atoms. The second-order valence-electron chi connectivity index (χ2n) is 5.39. The quantitative estimate of drug-likeness (QED) is 0.730. The molecular formula is C14H17NO5. The maximum atomic E-state index is 12.7. The molecule has 2 aliphatic heterocycles. The van der Waals surface area contributed by atoms with Crippen molar-refractivity contribution in [3.63, 3.8) is 0 Å². The highest BCUT2D eigenvalue weighted by molar-refractivity contribution is 5.99. The standard InChI is InChI=1S/C14H17NO5/c1-4-5-8-10-6-9(16)11(17)14(8)12(20-10)7(2)15(19-3)13(14)18/h4-5,8,10-12,17H,2,6H2,1,3H3. The number of ether oxygens (including phenoxy) is 1. The number of hydrogen-bond acceptors (Lipinski definition) is 5. The minimum atomic E-state index is -1.39. The second kappa shape index (κ2) is 4.25. The average Bonchev–Trinajstić information content (AvgIpc) is 2.78. The molecule has 1 aliphatic carbocycles. The first-order valence-corrected chi connectivity index (χ1v) is 6.56. The van der Waals surface area contributed by atoms with Gasteiger partial charge in [0.2, 0.25) is 0 Å². The topological polar surface area (TPSA) is 76.1 Å². The largest absolute Gasteiger partial charge is 0.384 e. The molecule has 0 aromatic heterocycles. The zero-order valence-electron chi connectivity index (χ0n) is 11.4. The normalized spacial score (nSPS) is 43.8. The van der Waals surface area contributed by atoms with Crippen LogP contribution in [0.15, 0.2) is 24.4 Å². The van der Waals surface area contributed by atoms with Crippen LogP contribution in [0.1, 0.15) is 13.3 Å². The van der Waals surface area contributed by atoms with Crippen molar-refractivity contribution in [1.29, 1.82) is 0 Å². The highest BCUT2D eigenvalue weighted by atomic mass is 16.7. The first kappa shape index (κ1) is 13.5. The molecule has 5 atom stereocenters.